The predicted molar refractivity (Wildman–Crippen MR) is 59.3 cm³/mol. The fourth-order valence-corrected chi connectivity index (χ4v) is 1.07. The highest BCUT2D eigenvalue weighted by Gasteiger charge is 1.96. The first-order valence-electron chi connectivity index (χ1n) is 4.86. The van der Waals surface area contributed by atoms with Crippen molar-refractivity contribution >= 4 is 5.84 Å². The maximum absolute atomic E-state index is 5.78. The van der Waals surface area contributed by atoms with Crippen LogP contribution < -0.4 is 5.73 Å². The van der Waals surface area contributed by atoms with Crippen molar-refractivity contribution < 1.29 is 0 Å². The summed E-state index contributed by atoms with van der Waals surface area (Å²) in [7, 11) is 0. The molecule has 1 aromatic rings. The minimum Gasteiger partial charge on any atom is -0.387 e. The largest absolute Gasteiger partial charge is 0.387 e. The van der Waals surface area contributed by atoms with E-state index < -0.39 is 0 Å². The minimum atomic E-state index is 0.561. The standard InChI is InChI=1S/C11H17N3/c1-9(2)8-14-11(12)7-10-3-5-13-6-4-10/h3-6,9H,7-8H2,1-2H3,(H2,12,14). The number of aromatic nitrogens is 1. The lowest BCUT2D eigenvalue weighted by Gasteiger charge is -2.02. The van der Waals surface area contributed by atoms with E-state index in [-0.39, 0.29) is 0 Å². The lowest BCUT2D eigenvalue weighted by molar-refractivity contribution is 0.664. The van der Waals surface area contributed by atoms with E-state index in [1.54, 1.807) is 12.4 Å². The second-order valence-corrected chi connectivity index (χ2v) is 3.76. The van der Waals surface area contributed by atoms with Gasteiger partial charge in [-0.3, -0.25) is 9.98 Å². The highest BCUT2D eigenvalue weighted by atomic mass is 14.8. The summed E-state index contributed by atoms with van der Waals surface area (Å²) in [5.74, 6) is 1.26. The molecule has 0 atom stereocenters. The van der Waals surface area contributed by atoms with Crippen LogP contribution in [0.1, 0.15) is 19.4 Å². The molecule has 0 aliphatic rings. The minimum absolute atomic E-state index is 0.561. The molecular weight excluding hydrogens is 174 g/mol. The Morgan fingerprint density at radius 3 is 2.64 bits per heavy atom. The molecule has 0 spiro atoms. The number of nitrogens with two attached hydrogens (primary N) is 1. The highest BCUT2D eigenvalue weighted by Crippen LogP contribution is 1.98. The Morgan fingerprint density at radius 2 is 2.07 bits per heavy atom. The average Bonchev–Trinajstić information content (AvgIpc) is 2.16. The van der Waals surface area contributed by atoms with Gasteiger partial charge in [-0.2, -0.15) is 0 Å². The summed E-state index contributed by atoms with van der Waals surface area (Å²) < 4.78 is 0. The first kappa shape index (κ1) is 10.7. The Labute approximate surface area is 85.1 Å². The summed E-state index contributed by atoms with van der Waals surface area (Å²) >= 11 is 0. The van der Waals surface area contributed by atoms with E-state index in [0.717, 1.165) is 18.5 Å². The lowest BCUT2D eigenvalue weighted by atomic mass is 10.2. The van der Waals surface area contributed by atoms with E-state index in [4.69, 9.17) is 5.73 Å². The van der Waals surface area contributed by atoms with Crippen molar-refractivity contribution in [1.29, 1.82) is 0 Å². The second-order valence-electron chi connectivity index (χ2n) is 3.76. The molecule has 0 radical (unpaired) electrons. The van der Waals surface area contributed by atoms with Crippen LogP contribution in [0, 0.1) is 5.92 Å². The van der Waals surface area contributed by atoms with E-state index in [1.807, 2.05) is 12.1 Å². The summed E-state index contributed by atoms with van der Waals surface area (Å²) in [6.07, 6.45) is 4.26. The van der Waals surface area contributed by atoms with Gasteiger partial charge >= 0.3 is 0 Å². The first-order valence-corrected chi connectivity index (χ1v) is 4.86. The van der Waals surface area contributed by atoms with Crippen LogP contribution >= 0.6 is 0 Å². The van der Waals surface area contributed by atoms with Crippen LogP contribution in [0.25, 0.3) is 0 Å². The summed E-state index contributed by atoms with van der Waals surface area (Å²) in [4.78, 5) is 8.24. The topological polar surface area (TPSA) is 51.3 Å². The average molecular weight is 191 g/mol. The second kappa shape index (κ2) is 5.37. The molecule has 14 heavy (non-hydrogen) atoms. The van der Waals surface area contributed by atoms with Gasteiger partial charge in [0.15, 0.2) is 0 Å². The Morgan fingerprint density at radius 1 is 1.43 bits per heavy atom. The van der Waals surface area contributed by atoms with Crippen molar-refractivity contribution in [2.45, 2.75) is 20.3 Å². The van der Waals surface area contributed by atoms with Gasteiger partial charge < -0.3 is 5.73 Å². The van der Waals surface area contributed by atoms with E-state index >= 15 is 0 Å². The van der Waals surface area contributed by atoms with Crippen LogP contribution in [0.5, 0.6) is 0 Å². The molecule has 1 aromatic heterocycles. The zero-order valence-electron chi connectivity index (χ0n) is 8.77. The summed E-state index contributed by atoms with van der Waals surface area (Å²) in [6, 6.07) is 3.91. The predicted octanol–water partition coefficient (Wildman–Crippen LogP) is 1.64. The molecule has 0 aliphatic heterocycles. The highest BCUT2D eigenvalue weighted by molar-refractivity contribution is 5.82. The van der Waals surface area contributed by atoms with Crippen LogP contribution in [0.15, 0.2) is 29.5 Å². The number of pyridine rings is 1. The first-order chi connectivity index (χ1) is 6.68. The van der Waals surface area contributed by atoms with Crippen LogP contribution in [0.3, 0.4) is 0 Å². The zero-order valence-corrected chi connectivity index (χ0v) is 8.77. The van der Waals surface area contributed by atoms with Gasteiger partial charge in [0.25, 0.3) is 0 Å². The Bertz CT molecular complexity index is 291. The van der Waals surface area contributed by atoms with Gasteiger partial charge in [-0.1, -0.05) is 13.8 Å². The van der Waals surface area contributed by atoms with Crippen molar-refractivity contribution in [2.24, 2.45) is 16.6 Å². The van der Waals surface area contributed by atoms with E-state index in [2.05, 4.69) is 23.8 Å². The van der Waals surface area contributed by atoms with Crippen LogP contribution in [-0.2, 0) is 6.42 Å². The van der Waals surface area contributed by atoms with Gasteiger partial charge in [0.1, 0.15) is 0 Å². The van der Waals surface area contributed by atoms with Crippen LogP contribution in [-0.4, -0.2) is 17.4 Å². The molecule has 76 valence electrons. The molecule has 3 nitrogen and oxygen atoms in total. The normalized spacial score (nSPS) is 12.1. The molecule has 0 saturated carbocycles. The number of rotatable bonds is 4. The van der Waals surface area contributed by atoms with Crippen molar-refractivity contribution in [3.8, 4) is 0 Å². The molecule has 2 N–H and O–H groups in total. The smallest absolute Gasteiger partial charge is 0.0981 e. The summed E-state index contributed by atoms with van der Waals surface area (Å²) in [5, 5.41) is 0. The number of amidine groups is 1. The number of hydrogen-bond acceptors (Lipinski definition) is 2. The molecule has 0 aliphatic carbocycles. The lowest BCUT2D eigenvalue weighted by Crippen LogP contribution is -2.16. The van der Waals surface area contributed by atoms with Gasteiger partial charge in [0.05, 0.1) is 5.84 Å². The van der Waals surface area contributed by atoms with Crippen molar-refractivity contribution in [3.63, 3.8) is 0 Å². The Balaban J connectivity index is 2.49. The quantitative estimate of drug-likeness (QED) is 0.581. The molecule has 1 heterocycles. The molecule has 0 amide bonds. The maximum atomic E-state index is 5.78. The van der Waals surface area contributed by atoms with Gasteiger partial charge in [-0.15, -0.1) is 0 Å². The molecular formula is C11H17N3. The third-order valence-corrected chi connectivity index (χ3v) is 1.79. The zero-order chi connectivity index (χ0) is 10.4. The third kappa shape index (κ3) is 4.03. The van der Waals surface area contributed by atoms with Crippen molar-refractivity contribution in [1.82, 2.24) is 4.98 Å². The van der Waals surface area contributed by atoms with Gasteiger partial charge in [0.2, 0.25) is 0 Å². The van der Waals surface area contributed by atoms with E-state index in [1.165, 1.54) is 0 Å². The van der Waals surface area contributed by atoms with Gasteiger partial charge in [-0.05, 0) is 23.6 Å². The monoisotopic (exact) mass is 191 g/mol. The van der Waals surface area contributed by atoms with Crippen LogP contribution in [0.4, 0.5) is 0 Å². The SMILES string of the molecule is CC(C)CN=C(N)Cc1ccncc1. The molecule has 0 unspecified atom stereocenters. The maximum Gasteiger partial charge on any atom is 0.0981 e. The molecule has 3 heteroatoms. The van der Waals surface area contributed by atoms with Crippen molar-refractivity contribution in [3.05, 3.63) is 30.1 Å². The molecule has 0 aromatic carbocycles. The number of aliphatic imine (C=N–C) groups is 1. The van der Waals surface area contributed by atoms with Crippen LogP contribution in [0.2, 0.25) is 0 Å². The fraction of sp³-hybridized carbons (Fsp3) is 0.455. The summed E-state index contributed by atoms with van der Waals surface area (Å²) in [6.45, 7) is 5.06. The third-order valence-electron chi connectivity index (χ3n) is 1.79. The fourth-order valence-electron chi connectivity index (χ4n) is 1.07. The molecule has 0 saturated heterocycles. The summed E-state index contributed by atoms with van der Waals surface area (Å²) in [5.41, 5.74) is 6.94. The van der Waals surface area contributed by atoms with Gasteiger partial charge in [0, 0.05) is 25.4 Å². The van der Waals surface area contributed by atoms with Crippen molar-refractivity contribution in [2.75, 3.05) is 6.54 Å². The Kier molecular flexibility index (Phi) is 4.11. The molecule has 0 bridgehead atoms. The molecule has 1 rings (SSSR count). The Hall–Kier alpha value is -1.38. The van der Waals surface area contributed by atoms with E-state index in [9.17, 15) is 0 Å². The van der Waals surface area contributed by atoms with Gasteiger partial charge in [-0.25, -0.2) is 0 Å². The van der Waals surface area contributed by atoms with E-state index in [0.29, 0.717) is 11.8 Å². The number of hydrogen-bond donors (Lipinski definition) is 1. The molecule has 0 fully saturated rings. The number of nitrogens with zero attached hydrogens (tertiary/aromatic N) is 2.